The Morgan fingerprint density at radius 1 is 1.41 bits per heavy atom. The highest BCUT2D eigenvalue weighted by atomic mass is 32.2. The molecule has 1 saturated heterocycles. The van der Waals surface area contributed by atoms with Crippen molar-refractivity contribution in [2.24, 2.45) is 0 Å². The number of hydrogen-bond acceptors (Lipinski definition) is 5. The third-order valence-electron chi connectivity index (χ3n) is 3.87. The van der Waals surface area contributed by atoms with E-state index in [0.29, 0.717) is 25.1 Å². The van der Waals surface area contributed by atoms with Crippen LogP contribution < -0.4 is 9.62 Å². The van der Waals surface area contributed by atoms with Crippen LogP contribution in [0.5, 0.6) is 0 Å². The Balaban J connectivity index is 1.86. The minimum atomic E-state index is -3.72. The number of sulfonamides is 1. The third-order valence-corrected chi connectivity index (χ3v) is 6.35. The summed E-state index contributed by atoms with van der Waals surface area (Å²) in [6.07, 6.45) is 1.16. The lowest BCUT2D eigenvalue weighted by molar-refractivity contribution is -0.116. The van der Waals surface area contributed by atoms with Crippen LogP contribution in [0.25, 0.3) is 0 Å². The van der Waals surface area contributed by atoms with Crippen molar-refractivity contribution < 1.29 is 18.0 Å². The fraction of sp³-hybridized carbons (Fsp3) is 0.429. The molecule has 0 aliphatic carbocycles. The van der Waals surface area contributed by atoms with Crippen molar-refractivity contribution in [1.29, 1.82) is 0 Å². The number of rotatable bonds is 3. The van der Waals surface area contributed by atoms with Crippen LogP contribution in [0.3, 0.4) is 0 Å². The second-order valence-electron chi connectivity index (χ2n) is 5.34. The molecule has 0 bridgehead atoms. The van der Waals surface area contributed by atoms with E-state index in [1.807, 2.05) is 0 Å². The summed E-state index contributed by atoms with van der Waals surface area (Å²) < 4.78 is 27.3. The number of amides is 1. The Bertz CT molecular complexity index is 745. The van der Waals surface area contributed by atoms with Crippen LogP contribution >= 0.6 is 11.8 Å². The smallest absolute Gasteiger partial charge is 0.241 e. The zero-order valence-corrected chi connectivity index (χ0v) is 13.7. The average molecular weight is 340 g/mol. The lowest BCUT2D eigenvalue weighted by Crippen LogP contribution is -2.37. The van der Waals surface area contributed by atoms with Gasteiger partial charge in [-0.2, -0.15) is 4.72 Å². The van der Waals surface area contributed by atoms with Gasteiger partial charge in [0.15, 0.2) is 0 Å². The van der Waals surface area contributed by atoms with E-state index in [2.05, 4.69) is 4.72 Å². The molecule has 2 aliphatic rings. The zero-order valence-electron chi connectivity index (χ0n) is 12.0. The Morgan fingerprint density at radius 3 is 2.82 bits per heavy atom. The highest BCUT2D eigenvalue weighted by Gasteiger charge is 2.31. The number of carbonyl (C=O) groups excluding carboxylic acids is 2. The van der Waals surface area contributed by atoms with Gasteiger partial charge in [0.25, 0.3) is 0 Å². The van der Waals surface area contributed by atoms with Gasteiger partial charge in [-0.25, -0.2) is 8.42 Å². The molecule has 2 aliphatic heterocycles. The summed E-state index contributed by atoms with van der Waals surface area (Å²) in [7, 11) is -3.72. The molecule has 3 rings (SSSR count). The van der Waals surface area contributed by atoms with Gasteiger partial charge in [-0.3, -0.25) is 9.59 Å². The summed E-state index contributed by atoms with van der Waals surface area (Å²) >= 11 is 1.15. The molecule has 1 unspecified atom stereocenters. The first-order chi connectivity index (χ1) is 10.4. The molecule has 0 saturated carbocycles. The SMILES string of the molecule is CC(=O)N1CCc2cc(S(=O)(=O)NC3CCSC3=O)ccc21. The maximum atomic E-state index is 12.4. The summed E-state index contributed by atoms with van der Waals surface area (Å²) in [6.45, 7) is 2.06. The van der Waals surface area contributed by atoms with E-state index in [1.165, 1.54) is 13.0 Å². The van der Waals surface area contributed by atoms with Crippen molar-refractivity contribution >= 4 is 38.5 Å². The number of benzene rings is 1. The maximum absolute atomic E-state index is 12.4. The third kappa shape index (κ3) is 2.78. The summed E-state index contributed by atoms with van der Waals surface area (Å²) in [5.74, 6) is 0.588. The first kappa shape index (κ1) is 15.5. The van der Waals surface area contributed by atoms with Gasteiger partial charge in [0.05, 0.1) is 10.9 Å². The number of carbonyl (C=O) groups is 2. The molecule has 1 fully saturated rings. The summed E-state index contributed by atoms with van der Waals surface area (Å²) in [6, 6.07) is 4.09. The lowest BCUT2D eigenvalue weighted by atomic mass is 10.2. The van der Waals surface area contributed by atoms with Crippen molar-refractivity contribution in [3.63, 3.8) is 0 Å². The van der Waals surface area contributed by atoms with Crippen molar-refractivity contribution in [3.05, 3.63) is 23.8 Å². The van der Waals surface area contributed by atoms with Crippen LogP contribution in [0.2, 0.25) is 0 Å². The molecule has 22 heavy (non-hydrogen) atoms. The van der Waals surface area contributed by atoms with Crippen LogP contribution in [-0.2, 0) is 26.0 Å². The molecule has 1 N–H and O–H groups in total. The summed E-state index contributed by atoms with van der Waals surface area (Å²) in [5.41, 5.74) is 1.60. The van der Waals surface area contributed by atoms with E-state index in [-0.39, 0.29) is 15.9 Å². The van der Waals surface area contributed by atoms with Crippen molar-refractivity contribution in [3.8, 4) is 0 Å². The highest BCUT2D eigenvalue weighted by molar-refractivity contribution is 8.14. The first-order valence-corrected chi connectivity index (χ1v) is 9.45. The predicted octanol–water partition coefficient (Wildman–Crippen LogP) is 0.906. The van der Waals surface area contributed by atoms with E-state index >= 15 is 0 Å². The monoisotopic (exact) mass is 340 g/mol. The Hall–Kier alpha value is -1.38. The van der Waals surface area contributed by atoms with Crippen LogP contribution in [0, 0.1) is 0 Å². The van der Waals surface area contributed by atoms with E-state index in [4.69, 9.17) is 0 Å². The molecule has 0 radical (unpaired) electrons. The van der Waals surface area contributed by atoms with E-state index < -0.39 is 16.1 Å². The second kappa shape index (κ2) is 5.68. The molecule has 1 atom stereocenters. The van der Waals surface area contributed by atoms with Crippen molar-refractivity contribution in [2.45, 2.75) is 30.7 Å². The molecule has 6 nitrogen and oxygen atoms in total. The van der Waals surface area contributed by atoms with Gasteiger partial charge in [-0.1, -0.05) is 11.8 Å². The molecular weight excluding hydrogens is 324 g/mol. The fourth-order valence-electron chi connectivity index (χ4n) is 2.73. The molecule has 1 amide bonds. The molecule has 2 heterocycles. The van der Waals surface area contributed by atoms with Gasteiger partial charge in [0.2, 0.25) is 21.0 Å². The molecule has 1 aromatic rings. The van der Waals surface area contributed by atoms with Gasteiger partial charge in [-0.05, 0) is 36.6 Å². The second-order valence-corrected chi connectivity index (χ2v) is 8.15. The number of hydrogen-bond donors (Lipinski definition) is 1. The van der Waals surface area contributed by atoms with Gasteiger partial charge in [0, 0.05) is 24.9 Å². The predicted molar refractivity (Wildman–Crippen MR) is 84.4 cm³/mol. The minimum absolute atomic E-state index is 0.0546. The minimum Gasteiger partial charge on any atom is -0.312 e. The summed E-state index contributed by atoms with van der Waals surface area (Å²) in [4.78, 5) is 24.9. The van der Waals surface area contributed by atoms with E-state index in [1.54, 1.807) is 17.0 Å². The van der Waals surface area contributed by atoms with Crippen LogP contribution in [0.15, 0.2) is 23.1 Å². The topological polar surface area (TPSA) is 83.6 Å². The lowest BCUT2D eigenvalue weighted by Gasteiger charge is -2.15. The van der Waals surface area contributed by atoms with Crippen molar-refractivity contribution in [2.75, 3.05) is 17.2 Å². The first-order valence-electron chi connectivity index (χ1n) is 6.98. The van der Waals surface area contributed by atoms with Crippen LogP contribution in [0.4, 0.5) is 5.69 Å². The van der Waals surface area contributed by atoms with Gasteiger partial charge >= 0.3 is 0 Å². The van der Waals surface area contributed by atoms with Gasteiger partial charge in [-0.15, -0.1) is 0 Å². The molecule has 0 spiro atoms. The Morgan fingerprint density at radius 2 is 2.18 bits per heavy atom. The zero-order chi connectivity index (χ0) is 15.9. The molecule has 8 heteroatoms. The normalized spacial score (nSPS) is 21.2. The van der Waals surface area contributed by atoms with E-state index in [9.17, 15) is 18.0 Å². The summed E-state index contributed by atoms with van der Waals surface area (Å²) in [5, 5.41) is -0.132. The highest BCUT2D eigenvalue weighted by Crippen LogP contribution is 2.30. The van der Waals surface area contributed by atoms with Crippen LogP contribution in [-0.4, -0.2) is 37.8 Å². The van der Waals surface area contributed by atoms with E-state index in [0.717, 1.165) is 23.0 Å². The van der Waals surface area contributed by atoms with Gasteiger partial charge in [0.1, 0.15) is 0 Å². The largest absolute Gasteiger partial charge is 0.312 e. The van der Waals surface area contributed by atoms with Crippen molar-refractivity contribution in [1.82, 2.24) is 4.72 Å². The number of nitrogens with zero attached hydrogens (tertiary/aromatic N) is 1. The molecular formula is C14H16N2O4S2. The van der Waals surface area contributed by atoms with Crippen LogP contribution in [0.1, 0.15) is 18.9 Å². The van der Waals surface area contributed by atoms with Gasteiger partial charge < -0.3 is 4.90 Å². The fourth-order valence-corrected chi connectivity index (χ4v) is 5.02. The number of fused-ring (bicyclic) bond motifs is 1. The molecule has 1 aromatic carbocycles. The molecule has 0 aromatic heterocycles. The average Bonchev–Trinajstić information content (AvgIpc) is 3.04. The quantitative estimate of drug-likeness (QED) is 0.884. The maximum Gasteiger partial charge on any atom is 0.241 e. The number of anilines is 1. The molecule has 118 valence electrons. The number of thioether (sulfide) groups is 1. The Labute approximate surface area is 133 Å². The number of nitrogens with one attached hydrogen (secondary N) is 1. The Kier molecular flexibility index (Phi) is 4.00. The standard InChI is InChI=1S/C14H16N2O4S2/c1-9(17)16-6-4-10-8-11(2-3-13(10)16)22(19,20)15-12-5-7-21-14(12)18/h2-3,8,12,15H,4-7H2,1H3.